The second-order valence-electron chi connectivity index (χ2n) is 4.35. The lowest BCUT2D eigenvalue weighted by atomic mass is 9.95. The molecule has 0 N–H and O–H groups in total. The predicted molar refractivity (Wildman–Crippen MR) is 53.2 cm³/mol. The van der Waals surface area contributed by atoms with Crippen molar-refractivity contribution in [2.45, 2.75) is 36.2 Å². The van der Waals surface area contributed by atoms with Gasteiger partial charge in [-0.3, -0.25) is 0 Å². The van der Waals surface area contributed by atoms with Crippen molar-refractivity contribution in [3.8, 4) is 0 Å². The van der Waals surface area contributed by atoms with E-state index in [1.165, 1.54) is 0 Å². The van der Waals surface area contributed by atoms with Gasteiger partial charge in [0.15, 0.2) is 9.84 Å². The Balaban J connectivity index is 2.71. The summed E-state index contributed by atoms with van der Waals surface area (Å²) in [5, 5.41) is 0. The number of hydrogen-bond donors (Lipinski definition) is 0. The molecule has 0 aromatic heterocycles. The molecule has 0 aromatic rings. The average molecular weight is 198 g/mol. The molecule has 0 radical (unpaired) electrons. The minimum absolute atomic E-state index is 0.634. The van der Waals surface area contributed by atoms with Gasteiger partial charge in [0.2, 0.25) is 0 Å². The minimum atomic E-state index is -3.04. The van der Waals surface area contributed by atoms with Gasteiger partial charge in [-0.2, -0.15) is 0 Å². The molecule has 1 fully saturated rings. The highest BCUT2D eigenvalue weighted by molar-refractivity contribution is 7.94. The van der Waals surface area contributed by atoms with Crippen LogP contribution in [0.25, 0.3) is 0 Å². The molecule has 0 amide bonds. The van der Waals surface area contributed by atoms with E-state index in [-0.39, 0.29) is 0 Å². The molecule has 13 heavy (non-hydrogen) atoms. The summed E-state index contributed by atoms with van der Waals surface area (Å²) >= 11 is 0. The maximum absolute atomic E-state index is 12.1. The van der Waals surface area contributed by atoms with Crippen LogP contribution in [0, 0.1) is 0 Å². The van der Waals surface area contributed by atoms with Gasteiger partial charge in [0.25, 0.3) is 0 Å². The Morgan fingerprint density at radius 3 is 1.77 bits per heavy atom. The standard InChI is InChI=1S/C10H14O2S/c1-9-5-3-4-6-10(2,8-7-9)13(9,11)12/h3-6H,7-8H2,1-2H3/t9-,10+. The molecule has 2 aliphatic heterocycles. The quantitative estimate of drug-likeness (QED) is 0.595. The van der Waals surface area contributed by atoms with Crippen LogP contribution in [0.15, 0.2) is 24.3 Å². The number of allylic oxidation sites excluding steroid dienone is 2. The molecule has 2 bridgehead atoms. The monoisotopic (exact) mass is 198 g/mol. The van der Waals surface area contributed by atoms with Crippen molar-refractivity contribution in [2.75, 3.05) is 0 Å². The van der Waals surface area contributed by atoms with Gasteiger partial charge in [-0.05, 0) is 26.7 Å². The van der Waals surface area contributed by atoms with Gasteiger partial charge in [0.1, 0.15) is 0 Å². The average Bonchev–Trinajstić information content (AvgIpc) is 2.15. The Kier molecular flexibility index (Phi) is 1.57. The predicted octanol–water partition coefficient (Wildman–Crippen LogP) is 1.84. The molecule has 0 aliphatic carbocycles. The highest BCUT2D eigenvalue weighted by Crippen LogP contribution is 2.47. The van der Waals surface area contributed by atoms with E-state index in [0.717, 1.165) is 12.8 Å². The molecule has 0 unspecified atom stereocenters. The summed E-state index contributed by atoms with van der Waals surface area (Å²) in [6.07, 6.45) is 8.82. The van der Waals surface area contributed by atoms with Crippen LogP contribution in [0.5, 0.6) is 0 Å². The molecule has 0 aromatic carbocycles. The fourth-order valence-electron chi connectivity index (χ4n) is 2.16. The van der Waals surface area contributed by atoms with Crippen LogP contribution in [0.4, 0.5) is 0 Å². The van der Waals surface area contributed by atoms with Crippen LogP contribution < -0.4 is 0 Å². The van der Waals surface area contributed by atoms with E-state index in [9.17, 15) is 8.42 Å². The zero-order valence-corrected chi connectivity index (χ0v) is 8.76. The maximum Gasteiger partial charge on any atom is 0.168 e. The second kappa shape index (κ2) is 2.27. The van der Waals surface area contributed by atoms with Gasteiger partial charge in [0, 0.05) is 0 Å². The van der Waals surface area contributed by atoms with Crippen molar-refractivity contribution in [1.82, 2.24) is 0 Å². The van der Waals surface area contributed by atoms with E-state index in [2.05, 4.69) is 0 Å². The molecule has 72 valence electrons. The number of rotatable bonds is 0. The number of hydrogen-bond acceptors (Lipinski definition) is 2. The lowest BCUT2D eigenvalue weighted by Gasteiger charge is -2.23. The topological polar surface area (TPSA) is 34.1 Å². The lowest BCUT2D eigenvalue weighted by Crippen LogP contribution is -2.37. The molecule has 0 saturated carbocycles. The first kappa shape index (κ1) is 9.00. The van der Waals surface area contributed by atoms with Crippen LogP contribution in [-0.2, 0) is 9.84 Å². The Morgan fingerprint density at radius 1 is 1.00 bits per heavy atom. The summed E-state index contributed by atoms with van der Waals surface area (Å²) in [6.45, 7) is 3.63. The van der Waals surface area contributed by atoms with E-state index in [1.54, 1.807) is 0 Å². The Bertz CT molecular complexity index is 359. The summed E-state index contributed by atoms with van der Waals surface area (Å²) in [5.41, 5.74) is 0. The van der Waals surface area contributed by atoms with Crippen LogP contribution in [-0.4, -0.2) is 17.9 Å². The van der Waals surface area contributed by atoms with Gasteiger partial charge < -0.3 is 0 Å². The first-order valence-corrected chi connectivity index (χ1v) is 6.01. The third kappa shape index (κ3) is 0.909. The summed E-state index contributed by atoms with van der Waals surface area (Å²) in [5.74, 6) is 0. The molecule has 2 aliphatic rings. The number of sulfone groups is 1. The largest absolute Gasteiger partial charge is 0.227 e. The highest BCUT2D eigenvalue weighted by atomic mass is 32.2. The van der Waals surface area contributed by atoms with Crippen LogP contribution in [0.3, 0.4) is 0 Å². The number of fused-ring (bicyclic) bond motifs is 2. The van der Waals surface area contributed by atoms with Crippen molar-refractivity contribution in [3.63, 3.8) is 0 Å². The third-order valence-corrected chi connectivity index (χ3v) is 6.49. The van der Waals surface area contributed by atoms with Crippen LogP contribution in [0.2, 0.25) is 0 Å². The summed E-state index contributed by atoms with van der Waals surface area (Å²) < 4.78 is 23.0. The Morgan fingerprint density at radius 2 is 1.38 bits per heavy atom. The van der Waals surface area contributed by atoms with E-state index in [1.807, 2.05) is 38.2 Å². The zero-order chi connectivity index (χ0) is 9.74. The molecule has 3 heteroatoms. The van der Waals surface area contributed by atoms with Crippen LogP contribution in [0.1, 0.15) is 26.7 Å². The van der Waals surface area contributed by atoms with Gasteiger partial charge >= 0.3 is 0 Å². The minimum Gasteiger partial charge on any atom is -0.227 e. The molecular formula is C10H14O2S. The van der Waals surface area contributed by atoms with E-state index in [0.29, 0.717) is 0 Å². The first-order chi connectivity index (χ1) is 5.91. The van der Waals surface area contributed by atoms with Crippen LogP contribution >= 0.6 is 0 Å². The molecule has 1 saturated heterocycles. The SMILES string of the molecule is C[C@]12C=CC=C[C@](C)(CC1)S2(=O)=O. The van der Waals surface area contributed by atoms with Crippen molar-refractivity contribution in [3.05, 3.63) is 24.3 Å². The van der Waals surface area contributed by atoms with Gasteiger partial charge in [0.05, 0.1) is 9.49 Å². The Labute approximate surface area is 79.3 Å². The fraction of sp³-hybridized carbons (Fsp3) is 0.600. The van der Waals surface area contributed by atoms with Crippen molar-refractivity contribution < 1.29 is 8.42 Å². The zero-order valence-electron chi connectivity index (χ0n) is 7.95. The van der Waals surface area contributed by atoms with E-state index >= 15 is 0 Å². The second-order valence-corrected chi connectivity index (χ2v) is 7.22. The van der Waals surface area contributed by atoms with E-state index in [4.69, 9.17) is 0 Å². The van der Waals surface area contributed by atoms with Gasteiger partial charge in [-0.25, -0.2) is 8.42 Å². The molecule has 0 spiro atoms. The molecule has 2 atom stereocenters. The maximum atomic E-state index is 12.1. The highest BCUT2D eigenvalue weighted by Gasteiger charge is 2.55. The molecular weight excluding hydrogens is 184 g/mol. The van der Waals surface area contributed by atoms with E-state index < -0.39 is 19.3 Å². The molecule has 2 heterocycles. The lowest BCUT2D eigenvalue weighted by molar-refractivity contribution is 0.566. The Hall–Kier alpha value is -0.570. The third-order valence-electron chi connectivity index (χ3n) is 3.35. The normalized spacial score (nSPS) is 46.3. The molecule has 2 rings (SSSR count). The summed E-state index contributed by atoms with van der Waals surface area (Å²) in [7, 11) is -3.04. The summed E-state index contributed by atoms with van der Waals surface area (Å²) in [4.78, 5) is 0. The smallest absolute Gasteiger partial charge is 0.168 e. The van der Waals surface area contributed by atoms with Crippen molar-refractivity contribution >= 4 is 9.84 Å². The van der Waals surface area contributed by atoms with Crippen molar-refractivity contribution in [1.29, 1.82) is 0 Å². The first-order valence-electron chi connectivity index (χ1n) is 4.53. The van der Waals surface area contributed by atoms with Gasteiger partial charge in [-0.1, -0.05) is 24.3 Å². The molecule has 2 nitrogen and oxygen atoms in total. The van der Waals surface area contributed by atoms with Crippen molar-refractivity contribution in [2.24, 2.45) is 0 Å². The fourth-order valence-corrected chi connectivity index (χ4v) is 4.48. The van der Waals surface area contributed by atoms with Gasteiger partial charge in [-0.15, -0.1) is 0 Å². The summed E-state index contributed by atoms with van der Waals surface area (Å²) in [6, 6.07) is 0.